The monoisotopic (exact) mass is 154 g/mol. The molecule has 0 fully saturated rings. The van der Waals surface area contributed by atoms with Crippen molar-refractivity contribution in [2.24, 2.45) is 5.14 Å². The molecule has 0 saturated heterocycles. The molecule has 6 nitrogen and oxygen atoms in total. The SMILES string of the molecule is NS(=O)(=O)NC(=O)CO. The van der Waals surface area contributed by atoms with Crippen LogP contribution in [-0.4, -0.2) is 26.0 Å². The summed E-state index contributed by atoms with van der Waals surface area (Å²) in [6, 6.07) is 0. The standard InChI is InChI=1S/C2H6N2O4S/c3-9(7,8)4-2(6)1-5/h5H,1H2,(H,4,6)(H2,3,7,8). The fourth-order valence-corrected chi connectivity index (χ4v) is 0.573. The van der Waals surface area contributed by atoms with E-state index in [1.807, 2.05) is 0 Å². The summed E-state index contributed by atoms with van der Waals surface area (Å²) in [6.07, 6.45) is 0. The fourth-order valence-electron chi connectivity index (χ4n) is 0.191. The maximum absolute atomic E-state index is 10.0. The van der Waals surface area contributed by atoms with Crippen LogP contribution in [-0.2, 0) is 15.0 Å². The van der Waals surface area contributed by atoms with Crippen LogP contribution in [0, 0.1) is 0 Å². The predicted molar refractivity (Wildman–Crippen MR) is 28.3 cm³/mol. The highest BCUT2D eigenvalue weighted by Crippen LogP contribution is 1.66. The summed E-state index contributed by atoms with van der Waals surface area (Å²) in [6.45, 7) is -0.892. The summed E-state index contributed by atoms with van der Waals surface area (Å²) in [5.74, 6) is -1.04. The summed E-state index contributed by atoms with van der Waals surface area (Å²) < 4.78 is 21.2. The minimum Gasteiger partial charge on any atom is -0.387 e. The molecule has 0 aromatic carbocycles. The Balaban J connectivity index is 3.91. The summed E-state index contributed by atoms with van der Waals surface area (Å²) >= 11 is 0. The van der Waals surface area contributed by atoms with Crippen LogP contribution in [0.25, 0.3) is 0 Å². The van der Waals surface area contributed by atoms with Gasteiger partial charge in [-0.05, 0) is 0 Å². The lowest BCUT2D eigenvalue weighted by atomic mass is 10.7. The third kappa shape index (κ3) is 5.21. The van der Waals surface area contributed by atoms with Gasteiger partial charge in [0.1, 0.15) is 6.61 Å². The molecule has 0 unspecified atom stereocenters. The topological polar surface area (TPSA) is 109 Å². The van der Waals surface area contributed by atoms with Crippen molar-refractivity contribution in [1.29, 1.82) is 0 Å². The number of aliphatic hydroxyl groups is 1. The Morgan fingerprint density at radius 2 is 2.11 bits per heavy atom. The van der Waals surface area contributed by atoms with Gasteiger partial charge in [-0.15, -0.1) is 0 Å². The zero-order chi connectivity index (χ0) is 7.49. The van der Waals surface area contributed by atoms with Crippen molar-refractivity contribution in [3.63, 3.8) is 0 Å². The van der Waals surface area contributed by atoms with Gasteiger partial charge >= 0.3 is 0 Å². The van der Waals surface area contributed by atoms with Gasteiger partial charge in [-0.1, -0.05) is 0 Å². The summed E-state index contributed by atoms with van der Waals surface area (Å²) in [5, 5.41) is 12.3. The van der Waals surface area contributed by atoms with Gasteiger partial charge in [0.2, 0.25) is 0 Å². The summed E-state index contributed by atoms with van der Waals surface area (Å²) in [5.41, 5.74) is 0. The highest BCUT2D eigenvalue weighted by atomic mass is 32.2. The van der Waals surface area contributed by atoms with Crippen molar-refractivity contribution in [3.05, 3.63) is 0 Å². The van der Waals surface area contributed by atoms with Crippen molar-refractivity contribution < 1.29 is 18.3 Å². The van der Waals surface area contributed by atoms with Crippen molar-refractivity contribution in [3.8, 4) is 0 Å². The average Bonchev–Trinajstić information content (AvgIpc) is 1.62. The molecule has 0 spiro atoms. The van der Waals surface area contributed by atoms with Gasteiger partial charge in [0.25, 0.3) is 16.1 Å². The van der Waals surface area contributed by atoms with E-state index in [-0.39, 0.29) is 0 Å². The minimum atomic E-state index is -3.99. The molecule has 0 heterocycles. The quantitative estimate of drug-likeness (QED) is 0.402. The van der Waals surface area contributed by atoms with Gasteiger partial charge in [-0.25, -0.2) is 9.86 Å². The molecule has 0 rings (SSSR count). The molecule has 0 aromatic rings. The van der Waals surface area contributed by atoms with E-state index in [0.717, 1.165) is 0 Å². The lowest BCUT2D eigenvalue weighted by Crippen LogP contribution is -2.37. The molecule has 0 aromatic heterocycles. The van der Waals surface area contributed by atoms with E-state index in [1.165, 1.54) is 4.72 Å². The number of carbonyl (C=O) groups excluding carboxylic acids is 1. The number of carbonyl (C=O) groups is 1. The molecular formula is C2H6N2O4S. The van der Waals surface area contributed by atoms with E-state index in [0.29, 0.717) is 0 Å². The number of aliphatic hydroxyl groups excluding tert-OH is 1. The van der Waals surface area contributed by atoms with E-state index in [1.54, 1.807) is 0 Å². The highest BCUT2D eigenvalue weighted by molar-refractivity contribution is 7.87. The maximum atomic E-state index is 10.0. The first-order valence-corrected chi connectivity index (χ1v) is 3.44. The maximum Gasteiger partial charge on any atom is 0.298 e. The van der Waals surface area contributed by atoms with Crippen LogP contribution in [0.3, 0.4) is 0 Å². The zero-order valence-corrected chi connectivity index (χ0v) is 5.18. The van der Waals surface area contributed by atoms with E-state index in [2.05, 4.69) is 5.14 Å². The average molecular weight is 154 g/mol. The second kappa shape index (κ2) is 2.76. The van der Waals surface area contributed by atoms with Crippen molar-refractivity contribution in [1.82, 2.24) is 4.72 Å². The van der Waals surface area contributed by atoms with E-state index >= 15 is 0 Å². The Kier molecular flexibility index (Phi) is 2.56. The Hall–Kier alpha value is -0.660. The minimum absolute atomic E-state index is 0.892. The van der Waals surface area contributed by atoms with Crippen LogP contribution in [0.1, 0.15) is 0 Å². The van der Waals surface area contributed by atoms with Crippen LogP contribution in [0.5, 0.6) is 0 Å². The zero-order valence-electron chi connectivity index (χ0n) is 4.36. The third-order valence-electron chi connectivity index (χ3n) is 0.400. The van der Waals surface area contributed by atoms with Crippen LogP contribution in [0.2, 0.25) is 0 Å². The van der Waals surface area contributed by atoms with Crippen LogP contribution < -0.4 is 9.86 Å². The van der Waals surface area contributed by atoms with Gasteiger partial charge in [0.05, 0.1) is 0 Å². The third-order valence-corrected chi connectivity index (χ3v) is 0.912. The predicted octanol–water partition coefficient (Wildman–Crippen LogP) is -2.70. The smallest absolute Gasteiger partial charge is 0.298 e. The number of hydrogen-bond donors (Lipinski definition) is 3. The Morgan fingerprint density at radius 3 is 2.22 bits per heavy atom. The molecule has 0 radical (unpaired) electrons. The largest absolute Gasteiger partial charge is 0.387 e. The lowest BCUT2D eigenvalue weighted by Gasteiger charge is -1.95. The molecule has 1 amide bonds. The second-order valence-corrected chi connectivity index (χ2v) is 2.52. The molecule has 0 saturated carbocycles. The van der Waals surface area contributed by atoms with E-state index in [4.69, 9.17) is 5.11 Å². The molecule has 0 aliphatic rings. The molecule has 0 atom stereocenters. The van der Waals surface area contributed by atoms with Gasteiger partial charge in [-0.2, -0.15) is 8.42 Å². The number of nitrogens with one attached hydrogen (secondary N) is 1. The normalized spacial score (nSPS) is 10.9. The van der Waals surface area contributed by atoms with Gasteiger partial charge in [0, 0.05) is 0 Å². The van der Waals surface area contributed by atoms with Crippen LogP contribution in [0.15, 0.2) is 0 Å². The van der Waals surface area contributed by atoms with Crippen LogP contribution >= 0.6 is 0 Å². The molecule has 9 heavy (non-hydrogen) atoms. The molecule has 0 bridgehead atoms. The van der Waals surface area contributed by atoms with Gasteiger partial charge < -0.3 is 5.11 Å². The van der Waals surface area contributed by atoms with Crippen molar-refractivity contribution in [2.75, 3.05) is 6.61 Å². The molecule has 4 N–H and O–H groups in total. The number of amides is 1. The first-order chi connectivity index (χ1) is 3.95. The Bertz CT molecular complexity index is 195. The van der Waals surface area contributed by atoms with Crippen LogP contribution in [0.4, 0.5) is 0 Å². The molecule has 0 aliphatic heterocycles. The molecule has 7 heteroatoms. The highest BCUT2D eigenvalue weighted by Gasteiger charge is 2.05. The molecule has 54 valence electrons. The Morgan fingerprint density at radius 1 is 1.67 bits per heavy atom. The fraction of sp³-hybridized carbons (Fsp3) is 0.500. The summed E-state index contributed by atoms with van der Waals surface area (Å²) in [7, 11) is -3.99. The number of nitrogens with two attached hydrogens (primary N) is 1. The van der Waals surface area contributed by atoms with Crippen molar-refractivity contribution in [2.45, 2.75) is 0 Å². The molecule has 0 aliphatic carbocycles. The van der Waals surface area contributed by atoms with E-state index in [9.17, 15) is 13.2 Å². The van der Waals surface area contributed by atoms with E-state index < -0.39 is 22.7 Å². The lowest BCUT2D eigenvalue weighted by molar-refractivity contribution is -0.122. The van der Waals surface area contributed by atoms with Gasteiger partial charge in [0.15, 0.2) is 0 Å². The second-order valence-electron chi connectivity index (χ2n) is 1.23. The first-order valence-electron chi connectivity index (χ1n) is 1.90. The number of hydrogen-bond acceptors (Lipinski definition) is 4. The van der Waals surface area contributed by atoms with Crippen molar-refractivity contribution >= 4 is 16.1 Å². The first kappa shape index (κ1) is 8.34. The van der Waals surface area contributed by atoms with Gasteiger partial charge in [-0.3, -0.25) is 4.79 Å². The number of rotatable bonds is 2. The summed E-state index contributed by atoms with van der Waals surface area (Å²) in [4.78, 5) is 10.0. The Labute approximate surface area is 51.8 Å². The molecular weight excluding hydrogens is 148 g/mol.